The van der Waals surface area contributed by atoms with E-state index < -0.39 is 4.92 Å². The lowest BCUT2D eigenvalue weighted by atomic mass is 10.1. The third-order valence-electron chi connectivity index (χ3n) is 2.81. The molecule has 18 heavy (non-hydrogen) atoms. The summed E-state index contributed by atoms with van der Waals surface area (Å²) in [4.78, 5) is 14.9. The highest BCUT2D eigenvalue weighted by atomic mass is 16.6. The minimum Gasteiger partial charge on any atom is -0.365 e. The Kier molecular flexibility index (Phi) is 3.41. The minimum absolute atomic E-state index is 0.0256. The van der Waals surface area contributed by atoms with Gasteiger partial charge in [-0.05, 0) is 31.0 Å². The molecule has 0 unspecified atom stereocenters. The minimum atomic E-state index is -0.400. The second-order valence-electron chi connectivity index (χ2n) is 4.02. The monoisotopic (exact) mass is 245 g/mol. The molecule has 0 bridgehead atoms. The van der Waals surface area contributed by atoms with Gasteiger partial charge in [-0.15, -0.1) is 0 Å². The van der Waals surface area contributed by atoms with Crippen LogP contribution in [0, 0.1) is 10.1 Å². The van der Waals surface area contributed by atoms with E-state index in [2.05, 4.69) is 17.2 Å². The molecule has 2 rings (SSSR count). The van der Waals surface area contributed by atoms with Crippen molar-refractivity contribution in [2.24, 2.45) is 0 Å². The zero-order chi connectivity index (χ0) is 13.1. The lowest BCUT2D eigenvalue weighted by Gasteiger charge is -2.06. The number of benzene rings is 1. The summed E-state index contributed by atoms with van der Waals surface area (Å²) >= 11 is 0. The van der Waals surface area contributed by atoms with Crippen LogP contribution in [0.3, 0.4) is 0 Å². The molecular formula is C13H15N3O2. The Morgan fingerprint density at radius 1 is 1.33 bits per heavy atom. The largest absolute Gasteiger partial charge is 0.365 e. The predicted octanol–water partition coefficient (Wildman–Crippen LogP) is 3.14. The second kappa shape index (κ2) is 5.00. The zero-order valence-electron chi connectivity index (χ0n) is 10.4. The maximum Gasteiger partial charge on any atom is 0.312 e. The predicted molar refractivity (Wildman–Crippen MR) is 71.9 cm³/mol. The zero-order valence-corrected chi connectivity index (χ0v) is 10.4. The maximum atomic E-state index is 11.0. The molecule has 0 saturated carbocycles. The Morgan fingerprint density at radius 2 is 2.11 bits per heavy atom. The molecule has 0 fully saturated rings. The topological polar surface area (TPSA) is 68.1 Å². The van der Waals surface area contributed by atoms with Gasteiger partial charge in [-0.3, -0.25) is 10.1 Å². The first-order valence-electron chi connectivity index (χ1n) is 5.97. The van der Waals surface area contributed by atoms with Crippen LogP contribution in [0.25, 0.3) is 10.9 Å². The van der Waals surface area contributed by atoms with Crippen LogP contribution in [-0.4, -0.2) is 16.5 Å². The van der Waals surface area contributed by atoms with Crippen molar-refractivity contribution in [2.45, 2.75) is 20.3 Å². The van der Waals surface area contributed by atoms with Crippen LogP contribution in [-0.2, 0) is 6.42 Å². The molecule has 0 spiro atoms. The summed E-state index contributed by atoms with van der Waals surface area (Å²) in [6.07, 6.45) is 0.901. The van der Waals surface area contributed by atoms with Crippen LogP contribution in [0.1, 0.15) is 19.4 Å². The van der Waals surface area contributed by atoms with Gasteiger partial charge in [0.25, 0.3) is 0 Å². The van der Waals surface area contributed by atoms with Gasteiger partial charge in [-0.2, -0.15) is 0 Å². The molecule has 1 N–H and O–H groups in total. The van der Waals surface area contributed by atoms with Crippen molar-refractivity contribution in [3.05, 3.63) is 39.9 Å². The van der Waals surface area contributed by atoms with Gasteiger partial charge in [0, 0.05) is 18.0 Å². The van der Waals surface area contributed by atoms with Gasteiger partial charge in [0.2, 0.25) is 5.82 Å². The normalized spacial score (nSPS) is 10.6. The summed E-state index contributed by atoms with van der Waals surface area (Å²) < 4.78 is 0. The molecule has 0 aliphatic rings. The molecule has 0 saturated heterocycles. The molecule has 0 amide bonds. The van der Waals surface area contributed by atoms with E-state index in [-0.39, 0.29) is 5.69 Å². The fraction of sp³-hybridized carbons (Fsp3) is 0.308. The standard InChI is InChI=1S/C13H15N3O2/c1-3-9-5-6-11-10(7-9)8-12(16(17)18)13(15-11)14-4-2/h5-8H,3-4H2,1-2H3,(H,14,15). The van der Waals surface area contributed by atoms with Crippen molar-refractivity contribution in [1.82, 2.24) is 4.98 Å². The first-order valence-corrected chi connectivity index (χ1v) is 5.97. The molecule has 0 radical (unpaired) electrons. The smallest absolute Gasteiger partial charge is 0.312 e. The Balaban J connectivity index is 2.64. The summed E-state index contributed by atoms with van der Waals surface area (Å²) in [6.45, 7) is 4.54. The third-order valence-corrected chi connectivity index (χ3v) is 2.81. The van der Waals surface area contributed by atoms with Crippen LogP contribution in [0.4, 0.5) is 11.5 Å². The summed E-state index contributed by atoms with van der Waals surface area (Å²) in [7, 11) is 0. The van der Waals surface area contributed by atoms with E-state index in [1.165, 1.54) is 0 Å². The third kappa shape index (κ3) is 2.25. The summed E-state index contributed by atoms with van der Waals surface area (Å²) in [5.74, 6) is 0.333. The number of nitro groups is 1. The van der Waals surface area contributed by atoms with E-state index in [1.54, 1.807) is 6.07 Å². The number of rotatable bonds is 4. The average molecular weight is 245 g/mol. The van der Waals surface area contributed by atoms with Gasteiger partial charge in [-0.1, -0.05) is 13.0 Å². The molecule has 5 nitrogen and oxygen atoms in total. The number of nitrogens with one attached hydrogen (secondary N) is 1. The first-order chi connectivity index (χ1) is 8.65. The van der Waals surface area contributed by atoms with Crippen LogP contribution in [0.15, 0.2) is 24.3 Å². The van der Waals surface area contributed by atoms with Crippen LogP contribution in [0.5, 0.6) is 0 Å². The van der Waals surface area contributed by atoms with Crippen LogP contribution < -0.4 is 5.32 Å². The molecule has 0 aliphatic carbocycles. The number of hydrogen-bond donors (Lipinski definition) is 1. The van der Waals surface area contributed by atoms with Crippen LogP contribution >= 0.6 is 0 Å². The molecular weight excluding hydrogens is 230 g/mol. The van der Waals surface area contributed by atoms with Gasteiger partial charge in [-0.25, -0.2) is 4.98 Å². The Bertz CT molecular complexity index is 596. The number of aryl methyl sites for hydroxylation is 1. The lowest BCUT2D eigenvalue weighted by Crippen LogP contribution is -2.03. The van der Waals surface area contributed by atoms with E-state index >= 15 is 0 Å². The van der Waals surface area contributed by atoms with Crippen molar-refractivity contribution < 1.29 is 4.92 Å². The second-order valence-corrected chi connectivity index (χ2v) is 4.02. The van der Waals surface area contributed by atoms with Gasteiger partial charge in [0.15, 0.2) is 0 Å². The number of fused-ring (bicyclic) bond motifs is 1. The molecule has 1 aromatic carbocycles. The van der Waals surface area contributed by atoms with Crippen molar-refractivity contribution in [2.75, 3.05) is 11.9 Å². The van der Waals surface area contributed by atoms with Crippen molar-refractivity contribution in [3.63, 3.8) is 0 Å². The van der Waals surface area contributed by atoms with Gasteiger partial charge >= 0.3 is 5.69 Å². The molecule has 5 heteroatoms. The van der Waals surface area contributed by atoms with E-state index in [1.807, 2.05) is 25.1 Å². The van der Waals surface area contributed by atoms with E-state index in [0.29, 0.717) is 12.4 Å². The maximum absolute atomic E-state index is 11.0. The average Bonchev–Trinajstić information content (AvgIpc) is 2.37. The fourth-order valence-corrected chi connectivity index (χ4v) is 1.87. The SMILES string of the molecule is CCNc1nc2ccc(CC)cc2cc1[N+](=O)[O-]. The first kappa shape index (κ1) is 12.3. The van der Waals surface area contributed by atoms with E-state index in [4.69, 9.17) is 0 Å². The van der Waals surface area contributed by atoms with Crippen LogP contribution in [0.2, 0.25) is 0 Å². The number of pyridine rings is 1. The van der Waals surface area contributed by atoms with E-state index in [9.17, 15) is 10.1 Å². The molecule has 0 atom stereocenters. The number of hydrogen-bond acceptors (Lipinski definition) is 4. The van der Waals surface area contributed by atoms with Crippen molar-refractivity contribution >= 4 is 22.4 Å². The number of anilines is 1. The summed E-state index contributed by atoms with van der Waals surface area (Å²) in [5.41, 5.74) is 1.95. The van der Waals surface area contributed by atoms with Gasteiger partial charge in [0.1, 0.15) is 0 Å². The van der Waals surface area contributed by atoms with Crippen molar-refractivity contribution in [3.8, 4) is 0 Å². The Labute approximate surface area is 105 Å². The molecule has 1 aromatic heterocycles. The molecule has 94 valence electrons. The van der Waals surface area contributed by atoms with Gasteiger partial charge < -0.3 is 5.32 Å². The highest BCUT2D eigenvalue weighted by molar-refractivity contribution is 5.85. The Hall–Kier alpha value is -2.17. The molecule has 2 aromatic rings. The quantitative estimate of drug-likeness (QED) is 0.663. The van der Waals surface area contributed by atoms with E-state index in [0.717, 1.165) is 22.9 Å². The molecule has 1 heterocycles. The summed E-state index contributed by atoms with van der Waals surface area (Å²) in [5, 5.41) is 14.8. The summed E-state index contributed by atoms with van der Waals surface area (Å²) in [6, 6.07) is 7.43. The Morgan fingerprint density at radius 3 is 2.72 bits per heavy atom. The van der Waals surface area contributed by atoms with Gasteiger partial charge in [0.05, 0.1) is 10.4 Å². The molecule has 0 aliphatic heterocycles. The fourth-order valence-electron chi connectivity index (χ4n) is 1.87. The number of aromatic nitrogens is 1. The highest BCUT2D eigenvalue weighted by Crippen LogP contribution is 2.27. The lowest BCUT2D eigenvalue weighted by molar-refractivity contribution is -0.384. The highest BCUT2D eigenvalue weighted by Gasteiger charge is 2.16. The number of nitrogens with zero attached hydrogens (tertiary/aromatic N) is 2. The van der Waals surface area contributed by atoms with Crippen molar-refractivity contribution in [1.29, 1.82) is 0 Å².